The number of ether oxygens (including phenoxy) is 1. The molecule has 0 heterocycles. The Balaban J connectivity index is 1.94. The van der Waals surface area contributed by atoms with Crippen LogP contribution in [-0.4, -0.2) is 36.4 Å². The van der Waals surface area contributed by atoms with Crippen molar-refractivity contribution in [3.63, 3.8) is 0 Å². The van der Waals surface area contributed by atoms with E-state index >= 15 is 0 Å². The van der Waals surface area contributed by atoms with Crippen molar-refractivity contribution in [1.29, 1.82) is 0 Å². The van der Waals surface area contributed by atoms with Gasteiger partial charge in [-0.15, -0.1) is 0 Å². The molecule has 7 heteroatoms. The van der Waals surface area contributed by atoms with Gasteiger partial charge >= 0.3 is 0 Å². The summed E-state index contributed by atoms with van der Waals surface area (Å²) in [5.74, 6) is 0.249. The lowest BCUT2D eigenvalue weighted by atomic mass is 10.0. The van der Waals surface area contributed by atoms with Gasteiger partial charge in [0.25, 0.3) is 5.91 Å². The molecule has 1 N–H and O–H groups in total. The Bertz CT molecular complexity index is 1130. The van der Waals surface area contributed by atoms with Crippen LogP contribution in [0.1, 0.15) is 36.5 Å². The number of halogens is 2. The third-order valence-electron chi connectivity index (χ3n) is 5.80. The molecule has 0 spiro atoms. The summed E-state index contributed by atoms with van der Waals surface area (Å²) in [5, 5.41) is 3.55. The lowest BCUT2D eigenvalue weighted by molar-refractivity contribution is -0.142. The molecule has 0 fully saturated rings. The monoisotopic (exact) mass is 512 g/mol. The molecule has 0 aliphatic heterocycles. The number of likely N-dealkylation sites (N-methyl/N-ethyl adjacent to an activating group) is 1. The maximum atomic E-state index is 13.6. The number of amides is 2. The highest BCUT2D eigenvalue weighted by Crippen LogP contribution is 2.28. The molecule has 1 atom stereocenters. The quantitative estimate of drug-likeness (QED) is 0.368. The van der Waals surface area contributed by atoms with Crippen molar-refractivity contribution in [2.75, 3.05) is 13.7 Å². The molecule has 184 valence electrons. The van der Waals surface area contributed by atoms with E-state index in [1.165, 1.54) is 4.90 Å². The van der Waals surface area contributed by atoms with Gasteiger partial charge in [-0.25, -0.2) is 0 Å². The number of nitrogens with zero attached hydrogens (tertiary/aromatic N) is 1. The molecule has 35 heavy (non-hydrogen) atoms. The van der Waals surface area contributed by atoms with Crippen LogP contribution in [0.15, 0.2) is 72.8 Å². The van der Waals surface area contributed by atoms with Crippen LogP contribution in [0, 0.1) is 0 Å². The molecule has 0 bridgehead atoms. The standard InChI is InChI=1S/C28H30Cl2N2O3/c1-19(2)21-12-7-8-15-26(21)35-18-27(33)32(17-22-23(29)13-9-14-24(22)30)25(28(34)31-3)16-20-10-5-4-6-11-20/h4-15,19,25H,16-18H2,1-3H3,(H,31,34)/t25-/m0/s1. The topological polar surface area (TPSA) is 58.6 Å². The number of benzene rings is 3. The van der Waals surface area contributed by atoms with Gasteiger partial charge in [-0.05, 0) is 35.2 Å². The fourth-order valence-corrected chi connectivity index (χ4v) is 4.40. The Morgan fingerprint density at radius 1 is 0.914 bits per heavy atom. The lowest BCUT2D eigenvalue weighted by Gasteiger charge is -2.31. The minimum absolute atomic E-state index is 0.0669. The maximum absolute atomic E-state index is 13.6. The first kappa shape index (κ1) is 26.6. The highest BCUT2D eigenvalue weighted by Gasteiger charge is 2.31. The molecular formula is C28H30Cl2N2O3. The van der Waals surface area contributed by atoms with Gasteiger partial charge in [-0.2, -0.15) is 0 Å². The van der Waals surface area contributed by atoms with Crippen molar-refractivity contribution in [1.82, 2.24) is 10.2 Å². The second-order valence-electron chi connectivity index (χ2n) is 8.52. The van der Waals surface area contributed by atoms with Crippen LogP contribution < -0.4 is 10.1 Å². The Hall–Kier alpha value is -3.02. The second kappa shape index (κ2) is 12.6. The summed E-state index contributed by atoms with van der Waals surface area (Å²) in [4.78, 5) is 28.1. The summed E-state index contributed by atoms with van der Waals surface area (Å²) >= 11 is 12.9. The van der Waals surface area contributed by atoms with E-state index in [1.54, 1.807) is 25.2 Å². The number of nitrogens with one attached hydrogen (secondary N) is 1. The van der Waals surface area contributed by atoms with E-state index in [0.717, 1.165) is 11.1 Å². The molecule has 0 unspecified atom stereocenters. The van der Waals surface area contributed by atoms with Crippen LogP contribution in [0.3, 0.4) is 0 Å². The van der Waals surface area contributed by atoms with Gasteiger partial charge in [0.1, 0.15) is 11.8 Å². The Morgan fingerprint density at radius 3 is 2.17 bits per heavy atom. The largest absolute Gasteiger partial charge is 0.483 e. The molecule has 0 aliphatic carbocycles. The minimum Gasteiger partial charge on any atom is -0.483 e. The van der Waals surface area contributed by atoms with Crippen molar-refractivity contribution >= 4 is 35.0 Å². The van der Waals surface area contributed by atoms with Gasteiger partial charge in [-0.1, -0.05) is 91.6 Å². The first-order chi connectivity index (χ1) is 16.8. The van der Waals surface area contributed by atoms with Gasteiger partial charge in [0.15, 0.2) is 6.61 Å². The van der Waals surface area contributed by atoms with Crippen LogP contribution in [0.5, 0.6) is 5.75 Å². The second-order valence-corrected chi connectivity index (χ2v) is 9.34. The normalized spacial score (nSPS) is 11.7. The van der Waals surface area contributed by atoms with Crippen LogP contribution in [0.25, 0.3) is 0 Å². The lowest BCUT2D eigenvalue weighted by Crippen LogP contribution is -2.51. The summed E-state index contributed by atoms with van der Waals surface area (Å²) < 4.78 is 5.96. The molecule has 3 aromatic carbocycles. The third kappa shape index (κ3) is 7.00. The summed E-state index contributed by atoms with van der Waals surface area (Å²) in [7, 11) is 1.56. The molecule has 0 aliphatic rings. The number of rotatable bonds is 10. The summed E-state index contributed by atoms with van der Waals surface area (Å²) in [6, 6.07) is 21.6. The molecule has 2 amide bonds. The number of para-hydroxylation sites is 1. The zero-order valence-corrected chi connectivity index (χ0v) is 21.6. The van der Waals surface area contributed by atoms with Gasteiger partial charge in [0, 0.05) is 35.6 Å². The number of hydrogen-bond donors (Lipinski definition) is 1. The summed E-state index contributed by atoms with van der Waals surface area (Å²) in [6.45, 7) is 3.97. The van der Waals surface area contributed by atoms with Crippen molar-refractivity contribution in [3.8, 4) is 5.75 Å². The van der Waals surface area contributed by atoms with Gasteiger partial charge < -0.3 is 15.0 Å². The van der Waals surface area contributed by atoms with Crippen LogP contribution >= 0.6 is 23.2 Å². The molecular weight excluding hydrogens is 483 g/mol. The Kier molecular flexibility index (Phi) is 9.58. The Morgan fingerprint density at radius 2 is 1.54 bits per heavy atom. The van der Waals surface area contributed by atoms with E-state index in [2.05, 4.69) is 19.2 Å². The maximum Gasteiger partial charge on any atom is 0.261 e. The number of carbonyl (C=O) groups is 2. The molecule has 0 radical (unpaired) electrons. The minimum atomic E-state index is -0.786. The van der Waals surface area contributed by atoms with Gasteiger partial charge in [-0.3, -0.25) is 9.59 Å². The van der Waals surface area contributed by atoms with E-state index in [-0.39, 0.29) is 30.9 Å². The van der Waals surface area contributed by atoms with E-state index in [4.69, 9.17) is 27.9 Å². The fourth-order valence-electron chi connectivity index (χ4n) is 3.89. The molecule has 0 aromatic heterocycles. The zero-order valence-electron chi connectivity index (χ0n) is 20.1. The number of hydrogen-bond acceptors (Lipinski definition) is 3. The molecule has 0 saturated carbocycles. The van der Waals surface area contributed by atoms with Crippen LogP contribution in [0.4, 0.5) is 0 Å². The molecule has 5 nitrogen and oxygen atoms in total. The van der Waals surface area contributed by atoms with Crippen molar-refractivity contribution in [2.45, 2.75) is 38.8 Å². The summed E-state index contributed by atoms with van der Waals surface area (Å²) in [5.41, 5.74) is 2.51. The van der Waals surface area contributed by atoms with Crippen molar-refractivity contribution in [3.05, 3.63) is 99.5 Å². The van der Waals surface area contributed by atoms with E-state index < -0.39 is 6.04 Å². The SMILES string of the molecule is CNC(=O)[C@H](Cc1ccccc1)N(Cc1c(Cl)cccc1Cl)C(=O)COc1ccccc1C(C)C. The van der Waals surface area contributed by atoms with E-state index in [0.29, 0.717) is 27.8 Å². The van der Waals surface area contributed by atoms with Crippen molar-refractivity contribution < 1.29 is 14.3 Å². The van der Waals surface area contributed by atoms with Gasteiger partial charge in [0.2, 0.25) is 5.91 Å². The highest BCUT2D eigenvalue weighted by atomic mass is 35.5. The first-order valence-corrected chi connectivity index (χ1v) is 12.3. The zero-order chi connectivity index (χ0) is 25.4. The van der Waals surface area contributed by atoms with Crippen LogP contribution in [0.2, 0.25) is 10.0 Å². The van der Waals surface area contributed by atoms with Crippen molar-refractivity contribution in [2.24, 2.45) is 0 Å². The third-order valence-corrected chi connectivity index (χ3v) is 6.51. The fraction of sp³-hybridized carbons (Fsp3) is 0.286. The van der Waals surface area contributed by atoms with Crippen LogP contribution in [-0.2, 0) is 22.6 Å². The molecule has 3 rings (SSSR count). The first-order valence-electron chi connectivity index (χ1n) is 11.5. The highest BCUT2D eigenvalue weighted by molar-refractivity contribution is 6.36. The predicted octanol–water partition coefficient (Wildman–Crippen LogP) is 5.88. The van der Waals surface area contributed by atoms with E-state index in [1.807, 2.05) is 54.6 Å². The molecule has 0 saturated heterocycles. The molecule has 3 aromatic rings. The average Bonchev–Trinajstić information content (AvgIpc) is 2.86. The smallest absolute Gasteiger partial charge is 0.261 e. The predicted molar refractivity (Wildman–Crippen MR) is 141 cm³/mol. The number of carbonyl (C=O) groups excluding carboxylic acids is 2. The average molecular weight is 513 g/mol. The van der Waals surface area contributed by atoms with E-state index in [9.17, 15) is 9.59 Å². The Labute approximate surface area is 217 Å². The van der Waals surface area contributed by atoms with Gasteiger partial charge in [0.05, 0.1) is 0 Å². The summed E-state index contributed by atoms with van der Waals surface area (Å²) in [6.07, 6.45) is 0.330.